The lowest BCUT2D eigenvalue weighted by atomic mass is 9.44. The van der Waals surface area contributed by atoms with Gasteiger partial charge in [-0.1, -0.05) is 74.4 Å². The van der Waals surface area contributed by atoms with E-state index in [9.17, 15) is 4.79 Å². The van der Waals surface area contributed by atoms with E-state index >= 15 is 0 Å². The third kappa shape index (κ3) is 11.0. The molecular formula is C33H63N5O2. The Morgan fingerprint density at radius 2 is 1.15 bits per heavy atom. The first-order valence-corrected chi connectivity index (χ1v) is 15.2. The summed E-state index contributed by atoms with van der Waals surface area (Å²) in [6.45, 7) is 32.2. The number of benzene rings is 1. The van der Waals surface area contributed by atoms with Crippen LogP contribution in [0.3, 0.4) is 0 Å². The molecule has 7 nitrogen and oxygen atoms in total. The number of esters is 1. The number of anilines is 1. The number of rotatable bonds is 3. The van der Waals surface area contributed by atoms with Gasteiger partial charge in [-0.15, -0.1) is 0 Å². The van der Waals surface area contributed by atoms with Crippen molar-refractivity contribution in [1.82, 2.24) is 21.3 Å². The predicted octanol–water partition coefficient (Wildman–Crippen LogP) is 5.00. The molecule has 1 atom stereocenters. The Hall–Kier alpha value is -1.67. The topological polar surface area (TPSA) is 100 Å². The van der Waals surface area contributed by atoms with Crippen molar-refractivity contribution in [3.63, 3.8) is 0 Å². The minimum absolute atomic E-state index is 0.0856. The summed E-state index contributed by atoms with van der Waals surface area (Å²) in [6, 6.07) is 8.65. The van der Waals surface area contributed by atoms with Crippen LogP contribution in [-0.2, 0) is 16.0 Å². The number of hydrogen-bond acceptors (Lipinski definition) is 7. The summed E-state index contributed by atoms with van der Waals surface area (Å²) in [6.07, 6.45) is 1.03. The Morgan fingerprint density at radius 3 is 1.57 bits per heavy atom. The molecule has 1 aromatic carbocycles. The highest BCUT2D eigenvalue weighted by molar-refractivity contribution is 5.80. The summed E-state index contributed by atoms with van der Waals surface area (Å²) < 4.78 is 5.84. The van der Waals surface area contributed by atoms with Gasteiger partial charge in [-0.2, -0.15) is 0 Å². The average molecular weight is 562 g/mol. The van der Waals surface area contributed by atoms with Crippen molar-refractivity contribution in [3.05, 3.63) is 29.8 Å². The smallest absolute Gasteiger partial charge is 0.314 e. The molecule has 0 saturated carbocycles. The van der Waals surface area contributed by atoms with Crippen LogP contribution in [0, 0.1) is 21.7 Å². The summed E-state index contributed by atoms with van der Waals surface area (Å²) in [7, 11) is 0. The Morgan fingerprint density at radius 1 is 0.725 bits per heavy atom. The molecule has 1 aromatic rings. The van der Waals surface area contributed by atoms with E-state index in [1.165, 1.54) is 5.56 Å². The van der Waals surface area contributed by atoms with Crippen LogP contribution in [0.15, 0.2) is 24.3 Å². The van der Waals surface area contributed by atoms with Crippen molar-refractivity contribution in [2.75, 3.05) is 51.5 Å². The summed E-state index contributed by atoms with van der Waals surface area (Å²) in [4.78, 5) is 13.2. The van der Waals surface area contributed by atoms with Crippen LogP contribution in [0.4, 0.5) is 5.69 Å². The van der Waals surface area contributed by atoms with Gasteiger partial charge in [-0.3, -0.25) is 4.79 Å². The number of carbonyl (C=O) groups is 1. The van der Waals surface area contributed by atoms with Gasteiger partial charge in [-0.05, 0) is 61.1 Å². The molecule has 1 aliphatic rings. The first-order chi connectivity index (χ1) is 18.2. The molecule has 232 valence electrons. The minimum atomic E-state index is -0.583. The zero-order chi connectivity index (χ0) is 30.8. The van der Waals surface area contributed by atoms with Crippen molar-refractivity contribution >= 4 is 11.7 Å². The fourth-order valence-corrected chi connectivity index (χ4v) is 7.05. The molecular weight excluding hydrogens is 498 g/mol. The van der Waals surface area contributed by atoms with Gasteiger partial charge in [0.2, 0.25) is 0 Å². The molecule has 40 heavy (non-hydrogen) atoms. The number of nitrogens with two attached hydrogens (primary N) is 1. The largest absolute Gasteiger partial charge is 0.459 e. The van der Waals surface area contributed by atoms with Crippen molar-refractivity contribution in [2.24, 2.45) is 21.7 Å². The first kappa shape index (κ1) is 36.4. The van der Waals surface area contributed by atoms with E-state index in [0.717, 1.165) is 57.9 Å². The zero-order valence-electron chi connectivity index (χ0n) is 27.9. The monoisotopic (exact) mass is 561 g/mol. The Balaban J connectivity index is 0.000000400. The second kappa shape index (κ2) is 15.0. The third-order valence-electron chi connectivity index (χ3n) is 7.62. The molecule has 7 heteroatoms. The molecule has 0 aliphatic carbocycles. The number of nitrogens with one attached hydrogen (secondary N) is 4. The second-order valence-electron chi connectivity index (χ2n) is 15.3. The van der Waals surface area contributed by atoms with Gasteiger partial charge in [0, 0.05) is 57.5 Å². The molecule has 1 aliphatic heterocycles. The SMILES string of the molecule is CC(C)(C)OC(=O)C(C(C)(C)C)(C(C)(C)C)C(C)(C)C.Nc1ccc(C[C@H]2CNCCNCCNCCN2)cc1. The lowest BCUT2D eigenvalue weighted by Gasteiger charge is -2.59. The normalized spacial score (nSPS) is 18.9. The summed E-state index contributed by atoms with van der Waals surface area (Å²) >= 11 is 0. The molecule has 0 spiro atoms. The first-order valence-electron chi connectivity index (χ1n) is 15.2. The highest BCUT2D eigenvalue weighted by Gasteiger charge is 2.64. The van der Waals surface area contributed by atoms with Crippen molar-refractivity contribution < 1.29 is 9.53 Å². The maximum Gasteiger partial charge on any atom is 0.314 e. The van der Waals surface area contributed by atoms with Crippen LogP contribution in [0.2, 0.25) is 0 Å². The molecule has 0 unspecified atom stereocenters. The van der Waals surface area contributed by atoms with Gasteiger partial charge in [0.1, 0.15) is 5.60 Å². The summed E-state index contributed by atoms with van der Waals surface area (Å²) in [5.41, 5.74) is 6.23. The van der Waals surface area contributed by atoms with Crippen LogP contribution in [0.25, 0.3) is 0 Å². The molecule has 1 fully saturated rings. The molecule has 0 radical (unpaired) electrons. The van der Waals surface area contributed by atoms with Crippen LogP contribution < -0.4 is 27.0 Å². The van der Waals surface area contributed by atoms with Gasteiger partial charge in [-0.25, -0.2) is 0 Å². The van der Waals surface area contributed by atoms with Gasteiger partial charge < -0.3 is 31.7 Å². The quantitative estimate of drug-likeness (QED) is 0.261. The number of carbonyl (C=O) groups excluding carboxylic acids is 1. The molecule has 1 saturated heterocycles. The fourth-order valence-electron chi connectivity index (χ4n) is 7.05. The van der Waals surface area contributed by atoms with Crippen LogP contribution in [0.1, 0.15) is 88.6 Å². The molecule has 2 rings (SSSR count). The van der Waals surface area contributed by atoms with Crippen molar-refractivity contribution in [3.8, 4) is 0 Å². The Kier molecular flexibility index (Phi) is 13.6. The van der Waals surface area contributed by atoms with E-state index < -0.39 is 11.0 Å². The summed E-state index contributed by atoms with van der Waals surface area (Å²) in [5, 5.41) is 14.0. The van der Waals surface area contributed by atoms with E-state index in [-0.39, 0.29) is 22.2 Å². The maximum atomic E-state index is 13.2. The number of hydrogen-bond donors (Lipinski definition) is 5. The highest BCUT2D eigenvalue weighted by Crippen LogP contribution is 2.62. The number of ether oxygens (including phenoxy) is 1. The Labute approximate surface area is 246 Å². The average Bonchev–Trinajstić information content (AvgIpc) is 2.73. The fraction of sp³-hybridized carbons (Fsp3) is 0.788. The molecule has 0 bridgehead atoms. The second-order valence-corrected chi connectivity index (χ2v) is 15.3. The van der Waals surface area contributed by atoms with Crippen LogP contribution >= 0.6 is 0 Å². The van der Waals surface area contributed by atoms with E-state index in [1.807, 2.05) is 32.9 Å². The lowest BCUT2D eigenvalue weighted by Crippen LogP contribution is -2.61. The van der Waals surface area contributed by atoms with E-state index in [2.05, 4.69) is 95.7 Å². The van der Waals surface area contributed by atoms with E-state index in [0.29, 0.717) is 6.04 Å². The minimum Gasteiger partial charge on any atom is -0.459 e. The molecule has 0 aromatic heterocycles. The zero-order valence-corrected chi connectivity index (χ0v) is 27.9. The van der Waals surface area contributed by atoms with Crippen LogP contribution in [-0.4, -0.2) is 63.4 Å². The predicted molar refractivity (Wildman–Crippen MR) is 172 cm³/mol. The van der Waals surface area contributed by atoms with Gasteiger partial charge in [0.05, 0.1) is 5.41 Å². The van der Waals surface area contributed by atoms with Crippen molar-refractivity contribution in [2.45, 2.75) is 101 Å². The van der Waals surface area contributed by atoms with Crippen LogP contribution in [0.5, 0.6) is 0 Å². The molecule has 1 heterocycles. The van der Waals surface area contributed by atoms with Gasteiger partial charge >= 0.3 is 5.97 Å². The molecule has 0 amide bonds. The third-order valence-corrected chi connectivity index (χ3v) is 7.62. The Bertz CT molecular complexity index is 823. The number of nitrogen functional groups attached to an aromatic ring is 1. The standard InChI is InChI=1S/C18H36O2.C15H27N5/c1-14(2,3)18(15(4,5)6,16(7,8)9)13(19)20-17(10,11)12;16-14-3-1-13(2-4-14)11-15-12-19-8-7-17-5-6-18-9-10-20-15/h1-12H3;1-4,15,17-20H,5-12,16H2/t;15-/m.0/s1. The summed E-state index contributed by atoms with van der Waals surface area (Å²) in [5.74, 6) is -0.0856. The maximum absolute atomic E-state index is 13.2. The van der Waals surface area contributed by atoms with E-state index in [1.54, 1.807) is 0 Å². The van der Waals surface area contributed by atoms with Gasteiger partial charge in [0.25, 0.3) is 0 Å². The van der Waals surface area contributed by atoms with Crippen molar-refractivity contribution in [1.29, 1.82) is 0 Å². The van der Waals surface area contributed by atoms with Gasteiger partial charge in [0.15, 0.2) is 0 Å². The van der Waals surface area contributed by atoms with E-state index in [4.69, 9.17) is 10.5 Å². The molecule has 6 N–H and O–H groups in total. The lowest BCUT2D eigenvalue weighted by molar-refractivity contribution is -0.205. The highest BCUT2D eigenvalue weighted by atomic mass is 16.6.